The van der Waals surface area contributed by atoms with E-state index in [-0.39, 0.29) is 17.1 Å². The van der Waals surface area contributed by atoms with Gasteiger partial charge in [0.05, 0.1) is 10.6 Å². The average molecular weight is 341 g/mol. The Morgan fingerprint density at radius 1 is 1.50 bits per heavy atom. The predicted molar refractivity (Wildman–Crippen MR) is 71.2 cm³/mol. The second-order valence-electron chi connectivity index (χ2n) is 4.03. The highest BCUT2D eigenvalue weighted by Gasteiger charge is 2.32. The summed E-state index contributed by atoms with van der Waals surface area (Å²) in [7, 11) is 0. The van der Waals surface area contributed by atoms with E-state index in [1.165, 1.54) is 0 Å². The molecule has 0 unspecified atom stereocenters. The molecule has 1 aromatic heterocycles. The number of anilines is 1. The Bertz CT molecular complexity index is 811. The molecule has 0 aliphatic rings. The Morgan fingerprint density at radius 2 is 2.25 bits per heavy atom. The zero-order valence-electron chi connectivity index (χ0n) is 11.4. The molecule has 0 atom stereocenters. The second-order valence-corrected chi connectivity index (χ2v) is 4.03. The molecule has 0 aliphatic carbocycles. The number of non-ortho nitro benzene ring substituents is 1. The number of nitrogens with zero attached hydrogens (tertiary/aromatic N) is 5. The number of nitrogens with one attached hydrogen (secondary N) is 2. The molecule has 0 radical (unpaired) electrons. The van der Waals surface area contributed by atoms with E-state index in [2.05, 4.69) is 30.7 Å². The van der Waals surface area contributed by atoms with Gasteiger partial charge in [-0.25, -0.2) is 0 Å². The normalized spacial score (nSPS) is 11.7. The number of benzene rings is 1. The number of hydrogen-bond donors (Lipinski definition) is 2. The van der Waals surface area contributed by atoms with Gasteiger partial charge in [-0.1, -0.05) is 0 Å². The van der Waals surface area contributed by atoms with Crippen LogP contribution in [0.1, 0.15) is 5.82 Å². The number of hydrogen-bond acceptors (Lipinski definition) is 8. The summed E-state index contributed by atoms with van der Waals surface area (Å²) in [5.41, 5.74) is -1.02. The van der Waals surface area contributed by atoms with Crippen molar-refractivity contribution in [3.05, 3.63) is 40.3 Å². The molecule has 2 rings (SSSR count). The van der Waals surface area contributed by atoms with Crippen LogP contribution in [0, 0.1) is 21.4 Å². The summed E-state index contributed by atoms with van der Waals surface area (Å²) < 4.78 is 40.9. The first-order valence-corrected chi connectivity index (χ1v) is 5.95. The third-order valence-electron chi connectivity index (χ3n) is 2.48. The largest absolute Gasteiger partial charge is 0.573 e. The van der Waals surface area contributed by atoms with Crippen LogP contribution in [0.15, 0.2) is 24.4 Å². The maximum absolute atomic E-state index is 12.4. The topological polar surface area (TPSA) is 143 Å². The van der Waals surface area contributed by atoms with Crippen molar-refractivity contribution in [2.24, 2.45) is 0 Å². The number of nitro groups is 1. The summed E-state index contributed by atoms with van der Waals surface area (Å²) in [6.45, 7) is 0. The minimum absolute atomic E-state index is 0.117. The Labute approximate surface area is 130 Å². The molecular formula is C11H6F3N7O3. The van der Waals surface area contributed by atoms with Crippen molar-refractivity contribution in [3.63, 3.8) is 0 Å². The molecule has 24 heavy (non-hydrogen) atoms. The van der Waals surface area contributed by atoms with Gasteiger partial charge in [-0.3, -0.25) is 10.1 Å². The molecule has 2 aromatic rings. The van der Waals surface area contributed by atoms with E-state index in [0.717, 1.165) is 24.4 Å². The van der Waals surface area contributed by atoms with E-state index in [9.17, 15) is 23.3 Å². The number of H-pyrrole nitrogens is 1. The molecule has 0 aliphatic heterocycles. The van der Waals surface area contributed by atoms with Crippen LogP contribution in [0.2, 0.25) is 0 Å². The molecule has 124 valence electrons. The van der Waals surface area contributed by atoms with Crippen LogP contribution >= 0.6 is 0 Å². The van der Waals surface area contributed by atoms with Crippen molar-refractivity contribution in [3.8, 4) is 11.8 Å². The molecule has 2 N–H and O–H groups in total. The number of alkyl halides is 3. The lowest BCUT2D eigenvalue weighted by Gasteiger charge is -2.13. The average Bonchev–Trinajstić information content (AvgIpc) is 3.01. The van der Waals surface area contributed by atoms with E-state index >= 15 is 0 Å². The van der Waals surface area contributed by atoms with Gasteiger partial charge >= 0.3 is 6.36 Å². The Kier molecular flexibility index (Phi) is 4.59. The first-order chi connectivity index (χ1) is 11.3. The summed E-state index contributed by atoms with van der Waals surface area (Å²) in [5.74, 6) is -0.830. The monoisotopic (exact) mass is 341 g/mol. The summed E-state index contributed by atoms with van der Waals surface area (Å²) >= 11 is 0. The minimum atomic E-state index is -5.00. The van der Waals surface area contributed by atoms with Crippen molar-refractivity contribution in [2.45, 2.75) is 6.36 Å². The standard InChI is InChI=1S/C11H6F3N7O3/c12-11(13,14)24-9-2-1-7(21(22)23)3-8(9)16-5-6(4-15)10-17-19-20-18-10/h1-3,5,16H,(H,17,18,19,20). The molecule has 0 saturated carbocycles. The molecule has 0 fully saturated rings. The SMILES string of the molecule is N#CC(=CNc1cc([N+](=O)[O-])ccc1OC(F)(F)F)c1nn[nH]n1. The van der Waals surface area contributed by atoms with E-state index in [1.54, 1.807) is 6.07 Å². The summed E-state index contributed by atoms with van der Waals surface area (Å²) in [4.78, 5) is 9.95. The fourth-order valence-electron chi connectivity index (χ4n) is 1.53. The van der Waals surface area contributed by atoms with Gasteiger partial charge in [-0.05, 0) is 11.3 Å². The van der Waals surface area contributed by atoms with Crippen LogP contribution in [0.4, 0.5) is 24.5 Å². The van der Waals surface area contributed by atoms with Crippen molar-refractivity contribution in [1.29, 1.82) is 5.26 Å². The predicted octanol–water partition coefficient (Wildman–Crippen LogP) is 1.98. The zero-order valence-corrected chi connectivity index (χ0v) is 11.4. The Hall–Kier alpha value is -3.69. The van der Waals surface area contributed by atoms with Gasteiger partial charge in [-0.15, -0.1) is 23.4 Å². The first-order valence-electron chi connectivity index (χ1n) is 5.95. The van der Waals surface area contributed by atoms with Crippen LogP contribution < -0.4 is 10.1 Å². The van der Waals surface area contributed by atoms with Crippen molar-refractivity contribution in [2.75, 3.05) is 5.32 Å². The van der Waals surface area contributed by atoms with E-state index in [0.29, 0.717) is 0 Å². The minimum Gasteiger partial charge on any atom is -0.404 e. The number of rotatable bonds is 5. The number of nitro benzene ring substituents is 1. The van der Waals surface area contributed by atoms with Gasteiger partial charge in [0, 0.05) is 18.3 Å². The lowest BCUT2D eigenvalue weighted by Crippen LogP contribution is -2.18. The molecule has 10 nitrogen and oxygen atoms in total. The maximum Gasteiger partial charge on any atom is 0.573 e. The van der Waals surface area contributed by atoms with Gasteiger partial charge in [0.2, 0.25) is 5.82 Å². The molecule has 1 heterocycles. The van der Waals surface area contributed by atoms with E-state index in [4.69, 9.17) is 5.26 Å². The van der Waals surface area contributed by atoms with Gasteiger partial charge in [-0.2, -0.15) is 10.5 Å². The summed E-state index contributed by atoms with van der Waals surface area (Å²) in [6.07, 6.45) is -4.03. The molecule has 0 saturated heterocycles. The van der Waals surface area contributed by atoms with E-state index in [1.807, 2.05) is 0 Å². The summed E-state index contributed by atoms with van der Waals surface area (Å²) in [6, 6.07) is 4.15. The Balaban J connectivity index is 2.37. The fraction of sp³-hybridized carbons (Fsp3) is 0.0909. The molecule has 1 aromatic carbocycles. The van der Waals surface area contributed by atoms with Crippen LogP contribution in [0.3, 0.4) is 0 Å². The highest BCUT2D eigenvalue weighted by molar-refractivity contribution is 5.75. The van der Waals surface area contributed by atoms with Crippen molar-refractivity contribution < 1.29 is 22.8 Å². The third-order valence-corrected chi connectivity index (χ3v) is 2.48. The van der Waals surface area contributed by atoms with Crippen molar-refractivity contribution in [1.82, 2.24) is 20.6 Å². The molecular weight excluding hydrogens is 335 g/mol. The van der Waals surface area contributed by atoms with Crippen molar-refractivity contribution >= 4 is 16.9 Å². The summed E-state index contributed by atoms with van der Waals surface area (Å²) in [5, 5.41) is 34.4. The number of allylic oxidation sites excluding steroid dienone is 1. The van der Waals surface area contributed by atoms with E-state index < -0.39 is 22.7 Å². The Morgan fingerprint density at radius 3 is 2.79 bits per heavy atom. The van der Waals surface area contributed by atoms with Crippen LogP contribution in [-0.4, -0.2) is 31.9 Å². The highest BCUT2D eigenvalue weighted by atomic mass is 19.4. The van der Waals surface area contributed by atoms with Gasteiger partial charge in [0.15, 0.2) is 5.75 Å². The lowest BCUT2D eigenvalue weighted by atomic mass is 10.2. The molecule has 0 amide bonds. The number of aromatic amines is 1. The van der Waals surface area contributed by atoms with Gasteiger partial charge in [0.25, 0.3) is 5.69 Å². The molecule has 13 heteroatoms. The van der Waals surface area contributed by atoms with Crippen LogP contribution in [0.5, 0.6) is 5.75 Å². The second kappa shape index (κ2) is 6.60. The number of ether oxygens (including phenoxy) is 1. The first kappa shape index (κ1) is 16.7. The lowest BCUT2D eigenvalue weighted by molar-refractivity contribution is -0.384. The molecule has 0 bridgehead atoms. The zero-order chi connectivity index (χ0) is 17.7. The van der Waals surface area contributed by atoms with Crippen LogP contribution in [-0.2, 0) is 0 Å². The third kappa shape index (κ3) is 4.16. The number of tetrazole rings is 1. The van der Waals surface area contributed by atoms with Gasteiger partial charge < -0.3 is 10.1 Å². The quantitative estimate of drug-likeness (QED) is 0.477. The number of halogens is 3. The van der Waals surface area contributed by atoms with Crippen LogP contribution in [0.25, 0.3) is 5.57 Å². The maximum atomic E-state index is 12.4. The van der Waals surface area contributed by atoms with Gasteiger partial charge in [0.1, 0.15) is 11.6 Å². The highest BCUT2D eigenvalue weighted by Crippen LogP contribution is 2.33. The smallest absolute Gasteiger partial charge is 0.404 e. The number of nitriles is 1. The number of aromatic nitrogens is 4. The fourth-order valence-corrected chi connectivity index (χ4v) is 1.53. The molecule has 0 spiro atoms.